The lowest BCUT2D eigenvalue weighted by Crippen LogP contribution is -2.35. The quantitative estimate of drug-likeness (QED) is 0.775. The molecular formula is C20H22N2O4. The first-order valence-corrected chi connectivity index (χ1v) is 8.57. The number of nitrogens with zero attached hydrogens (tertiary/aromatic N) is 1. The van der Waals surface area contributed by atoms with Crippen LogP contribution in [0, 0.1) is 5.92 Å². The molecule has 0 aromatic heterocycles. The standard InChI is InChI=1S/C20H22N2O4/c1-25-17-9-7-16(8-10-17)22-14-15(13-19(22)23)20(24)21-11-12-26-18-5-3-2-4-6-18/h2-10,15H,11-14H2,1H3,(H,21,24)/t15-/m0/s1. The maximum atomic E-state index is 12.3. The van der Waals surface area contributed by atoms with Crippen LogP contribution in [0.25, 0.3) is 0 Å². The molecule has 0 unspecified atom stereocenters. The first-order chi connectivity index (χ1) is 12.7. The Bertz CT molecular complexity index is 746. The third kappa shape index (κ3) is 4.33. The number of anilines is 1. The van der Waals surface area contributed by atoms with E-state index in [1.54, 1.807) is 24.1 Å². The molecule has 1 saturated heterocycles. The van der Waals surface area contributed by atoms with E-state index in [2.05, 4.69) is 5.32 Å². The van der Waals surface area contributed by atoms with Crippen molar-refractivity contribution in [2.24, 2.45) is 5.92 Å². The molecule has 1 fully saturated rings. The van der Waals surface area contributed by atoms with Gasteiger partial charge in [0.1, 0.15) is 18.1 Å². The Morgan fingerprint density at radius 3 is 2.54 bits per heavy atom. The second kappa shape index (κ2) is 8.38. The van der Waals surface area contributed by atoms with Crippen molar-refractivity contribution in [1.82, 2.24) is 5.32 Å². The summed E-state index contributed by atoms with van der Waals surface area (Å²) in [5, 5.41) is 2.84. The van der Waals surface area contributed by atoms with E-state index < -0.39 is 0 Å². The molecule has 0 saturated carbocycles. The molecule has 3 rings (SSSR count). The van der Waals surface area contributed by atoms with Crippen molar-refractivity contribution < 1.29 is 19.1 Å². The van der Waals surface area contributed by atoms with Gasteiger partial charge in [0.05, 0.1) is 19.6 Å². The van der Waals surface area contributed by atoms with Crippen LogP contribution in [-0.2, 0) is 9.59 Å². The molecule has 0 bridgehead atoms. The van der Waals surface area contributed by atoms with Gasteiger partial charge in [-0.1, -0.05) is 18.2 Å². The first-order valence-electron chi connectivity index (χ1n) is 8.57. The van der Waals surface area contributed by atoms with Crippen molar-refractivity contribution in [1.29, 1.82) is 0 Å². The van der Waals surface area contributed by atoms with Gasteiger partial charge in [-0.15, -0.1) is 0 Å². The zero-order valence-electron chi connectivity index (χ0n) is 14.7. The van der Waals surface area contributed by atoms with Gasteiger partial charge in [0.15, 0.2) is 0 Å². The van der Waals surface area contributed by atoms with Crippen LogP contribution in [0.3, 0.4) is 0 Å². The number of hydrogen-bond donors (Lipinski definition) is 1. The molecule has 0 radical (unpaired) electrons. The highest BCUT2D eigenvalue weighted by Crippen LogP contribution is 2.26. The van der Waals surface area contributed by atoms with Gasteiger partial charge in [-0.25, -0.2) is 0 Å². The Labute approximate surface area is 152 Å². The maximum absolute atomic E-state index is 12.3. The van der Waals surface area contributed by atoms with Crippen LogP contribution in [0.1, 0.15) is 6.42 Å². The van der Waals surface area contributed by atoms with Crippen LogP contribution >= 0.6 is 0 Å². The van der Waals surface area contributed by atoms with Crippen molar-refractivity contribution in [3.63, 3.8) is 0 Å². The Kier molecular flexibility index (Phi) is 5.73. The molecular weight excluding hydrogens is 332 g/mol. The molecule has 2 aromatic rings. The van der Waals surface area contributed by atoms with E-state index in [1.165, 1.54) is 0 Å². The zero-order valence-corrected chi connectivity index (χ0v) is 14.7. The van der Waals surface area contributed by atoms with Crippen molar-refractivity contribution in [2.45, 2.75) is 6.42 Å². The monoisotopic (exact) mass is 354 g/mol. The summed E-state index contributed by atoms with van der Waals surface area (Å²) in [6.45, 7) is 1.18. The predicted molar refractivity (Wildman–Crippen MR) is 98.4 cm³/mol. The van der Waals surface area contributed by atoms with Gasteiger partial charge in [-0.05, 0) is 36.4 Å². The summed E-state index contributed by atoms with van der Waals surface area (Å²) >= 11 is 0. The van der Waals surface area contributed by atoms with Gasteiger partial charge in [0.2, 0.25) is 11.8 Å². The normalized spacial score (nSPS) is 16.4. The predicted octanol–water partition coefficient (Wildman–Crippen LogP) is 2.24. The molecule has 0 spiro atoms. The summed E-state index contributed by atoms with van der Waals surface area (Å²) in [6.07, 6.45) is 0.220. The van der Waals surface area contributed by atoms with E-state index in [-0.39, 0.29) is 24.2 Å². The minimum Gasteiger partial charge on any atom is -0.497 e. The van der Waals surface area contributed by atoms with Crippen LogP contribution in [0.2, 0.25) is 0 Å². The highest BCUT2D eigenvalue weighted by atomic mass is 16.5. The summed E-state index contributed by atoms with van der Waals surface area (Å²) < 4.78 is 10.7. The number of para-hydroxylation sites is 1. The minimum absolute atomic E-state index is 0.0455. The largest absolute Gasteiger partial charge is 0.497 e. The molecule has 26 heavy (non-hydrogen) atoms. The highest BCUT2D eigenvalue weighted by molar-refractivity contribution is 6.00. The average molecular weight is 354 g/mol. The SMILES string of the molecule is COc1ccc(N2C[C@@H](C(=O)NCCOc3ccccc3)CC2=O)cc1. The van der Waals surface area contributed by atoms with E-state index in [9.17, 15) is 9.59 Å². The summed E-state index contributed by atoms with van der Waals surface area (Å²) in [5.41, 5.74) is 0.776. The third-order valence-electron chi connectivity index (χ3n) is 4.29. The fourth-order valence-electron chi connectivity index (χ4n) is 2.90. The van der Waals surface area contributed by atoms with Gasteiger partial charge in [-0.2, -0.15) is 0 Å². The van der Waals surface area contributed by atoms with Crippen LogP contribution in [0.4, 0.5) is 5.69 Å². The summed E-state index contributed by atoms with van der Waals surface area (Å²) in [5.74, 6) is 0.986. The molecule has 1 N–H and O–H groups in total. The van der Waals surface area contributed by atoms with Gasteiger partial charge in [0.25, 0.3) is 0 Å². The third-order valence-corrected chi connectivity index (χ3v) is 4.29. The van der Waals surface area contributed by atoms with Gasteiger partial charge < -0.3 is 19.7 Å². The van der Waals surface area contributed by atoms with Gasteiger partial charge >= 0.3 is 0 Å². The molecule has 1 atom stereocenters. The topological polar surface area (TPSA) is 67.9 Å². The lowest BCUT2D eigenvalue weighted by Gasteiger charge is -2.17. The molecule has 6 heteroatoms. The number of amides is 2. The van der Waals surface area contributed by atoms with Crippen molar-refractivity contribution >= 4 is 17.5 Å². The number of methoxy groups -OCH3 is 1. The summed E-state index contributed by atoms with van der Waals surface area (Å²) in [7, 11) is 1.60. The Hall–Kier alpha value is -3.02. The van der Waals surface area contributed by atoms with Gasteiger partial charge in [0, 0.05) is 18.7 Å². The fourth-order valence-corrected chi connectivity index (χ4v) is 2.90. The minimum atomic E-state index is -0.346. The number of ether oxygens (including phenoxy) is 2. The molecule has 2 amide bonds. The number of hydrogen-bond acceptors (Lipinski definition) is 4. The fraction of sp³-hybridized carbons (Fsp3) is 0.300. The van der Waals surface area contributed by atoms with E-state index >= 15 is 0 Å². The first kappa shape index (κ1) is 17.8. The molecule has 0 aliphatic carbocycles. The Balaban J connectivity index is 1.47. The summed E-state index contributed by atoms with van der Waals surface area (Å²) in [4.78, 5) is 26.2. The highest BCUT2D eigenvalue weighted by Gasteiger charge is 2.34. The Morgan fingerprint density at radius 2 is 1.85 bits per heavy atom. The van der Waals surface area contributed by atoms with Crippen molar-refractivity contribution in [3.05, 3.63) is 54.6 Å². The second-order valence-corrected chi connectivity index (χ2v) is 6.06. The van der Waals surface area contributed by atoms with Crippen molar-refractivity contribution in [2.75, 3.05) is 31.7 Å². The number of carbonyl (C=O) groups is 2. The van der Waals surface area contributed by atoms with E-state index in [0.29, 0.717) is 19.7 Å². The van der Waals surface area contributed by atoms with Crippen LogP contribution < -0.4 is 19.7 Å². The Morgan fingerprint density at radius 1 is 1.12 bits per heavy atom. The summed E-state index contributed by atoms with van der Waals surface area (Å²) in [6, 6.07) is 16.7. The number of nitrogens with one attached hydrogen (secondary N) is 1. The number of carbonyl (C=O) groups excluding carboxylic acids is 2. The van der Waals surface area contributed by atoms with Gasteiger partial charge in [-0.3, -0.25) is 9.59 Å². The number of benzene rings is 2. The molecule has 1 heterocycles. The molecule has 6 nitrogen and oxygen atoms in total. The maximum Gasteiger partial charge on any atom is 0.227 e. The van der Waals surface area contributed by atoms with Crippen LogP contribution in [0.5, 0.6) is 11.5 Å². The average Bonchev–Trinajstić information content (AvgIpc) is 3.08. The van der Waals surface area contributed by atoms with E-state index in [0.717, 1.165) is 17.2 Å². The lowest BCUT2D eigenvalue weighted by molar-refractivity contribution is -0.126. The van der Waals surface area contributed by atoms with Crippen LogP contribution in [-0.4, -0.2) is 38.6 Å². The smallest absolute Gasteiger partial charge is 0.227 e. The molecule has 2 aromatic carbocycles. The van der Waals surface area contributed by atoms with E-state index in [4.69, 9.17) is 9.47 Å². The molecule has 1 aliphatic rings. The number of rotatable bonds is 7. The van der Waals surface area contributed by atoms with Crippen LogP contribution in [0.15, 0.2) is 54.6 Å². The molecule has 136 valence electrons. The second-order valence-electron chi connectivity index (χ2n) is 6.06. The zero-order chi connectivity index (χ0) is 18.4. The lowest BCUT2D eigenvalue weighted by atomic mass is 10.1. The van der Waals surface area contributed by atoms with Crippen molar-refractivity contribution in [3.8, 4) is 11.5 Å². The molecule has 1 aliphatic heterocycles. The van der Waals surface area contributed by atoms with E-state index in [1.807, 2.05) is 42.5 Å².